The standard InChI is InChI=1S/C15H16N6OS/c1-21-11(3-2-6-22)19-12-13(21)14-9(18-15(12)16)7-10(23-14)8-4-5-17-20-8/h4-5,7,22H,2-3,6H2,1H3,(H2,16,18)(H,17,20). The van der Waals surface area contributed by atoms with Crippen molar-refractivity contribution in [3.63, 3.8) is 0 Å². The zero-order chi connectivity index (χ0) is 16.0. The number of nitrogen functional groups attached to an aromatic ring is 1. The molecule has 4 rings (SSSR count). The van der Waals surface area contributed by atoms with E-state index in [1.54, 1.807) is 17.5 Å². The Morgan fingerprint density at radius 2 is 2.26 bits per heavy atom. The highest BCUT2D eigenvalue weighted by molar-refractivity contribution is 7.23. The quantitative estimate of drug-likeness (QED) is 0.532. The van der Waals surface area contributed by atoms with E-state index in [-0.39, 0.29) is 6.61 Å². The number of hydrogen-bond acceptors (Lipinski definition) is 6. The number of aryl methyl sites for hydroxylation is 2. The van der Waals surface area contributed by atoms with Crippen LogP contribution in [0.1, 0.15) is 12.2 Å². The van der Waals surface area contributed by atoms with Crippen LogP contribution in [0.5, 0.6) is 0 Å². The fourth-order valence-electron chi connectivity index (χ4n) is 2.78. The summed E-state index contributed by atoms with van der Waals surface area (Å²) in [6, 6.07) is 3.94. The van der Waals surface area contributed by atoms with Crippen LogP contribution in [-0.4, -0.2) is 36.4 Å². The van der Waals surface area contributed by atoms with Crippen molar-refractivity contribution in [2.45, 2.75) is 12.8 Å². The third-order valence-electron chi connectivity index (χ3n) is 3.91. The summed E-state index contributed by atoms with van der Waals surface area (Å²) < 4.78 is 3.10. The SMILES string of the molecule is Cn1c(CCCO)nc2c(N)nc3cc(-c4cc[nH]n4)sc3c21. The number of anilines is 1. The van der Waals surface area contributed by atoms with Crippen molar-refractivity contribution in [1.29, 1.82) is 0 Å². The van der Waals surface area contributed by atoms with Crippen LogP contribution in [0.3, 0.4) is 0 Å². The number of aromatic amines is 1. The number of hydrogen-bond donors (Lipinski definition) is 3. The third kappa shape index (κ3) is 2.18. The number of aliphatic hydroxyl groups excluding tert-OH is 1. The average Bonchev–Trinajstić information content (AvgIpc) is 3.24. The summed E-state index contributed by atoms with van der Waals surface area (Å²) in [5.74, 6) is 1.34. The Hall–Kier alpha value is -2.45. The van der Waals surface area contributed by atoms with E-state index in [0.29, 0.717) is 18.7 Å². The first-order valence-corrected chi connectivity index (χ1v) is 8.16. The molecule has 0 spiro atoms. The first-order valence-electron chi connectivity index (χ1n) is 7.34. The lowest BCUT2D eigenvalue weighted by atomic mass is 10.3. The molecule has 0 saturated heterocycles. The molecule has 0 aromatic carbocycles. The van der Waals surface area contributed by atoms with Gasteiger partial charge in [0.15, 0.2) is 5.82 Å². The highest BCUT2D eigenvalue weighted by Gasteiger charge is 2.18. The van der Waals surface area contributed by atoms with Crippen LogP contribution < -0.4 is 5.73 Å². The minimum atomic E-state index is 0.147. The molecular formula is C15H16N6OS. The summed E-state index contributed by atoms with van der Waals surface area (Å²) in [4.78, 5) is 10.2. The summed E-state index contributed by atoms with van der Waals surface area (Å²) in [6.07, 6.45) is 3.19. The molecule has 4 aromatic heterocycles. The van der Waals surface area contributed by atoms with Gasteiger partial charge in [0, 0.05) is 26.3 Å². The average molecular weight is 328 g/mol. The molecule has 0 unspecified atom stereocenters. The molecule has 4 heterocycles. The highest BCUT2D eigenvalue weighted by Crippen LogP contribution is 2.37. The lowest BCUT2D eigenvalue weighted by molar-refractivity contribution is 0.287. The van der Waals surface area contributed by atoms with E-state index in [1.165, 1.54) is 0 Å². The van der Waals surface area contributed by atoms with Crippen molar-refractivity contribution in [2.24, 2.45) is 7.05 Å². The molecule has 0 aliphatic rings. The highest BCUT2D eigenvalue weighted by atomic mass is 32.1. The van der Waals surface area contributed by atoms with Crippen molar-refractivity contribution >= 4 is 38.4 Å². The Kier molecular flexibility index (Phi) is 3.28. The summed E-state index contributed by atoms with van der Waals surface area (Å²) in [6.45, 7) is 0.147. The van der Waals surface area contributed by atoms with E-state index in [0.717, 1.165) is 37.6 Å². The number of rotatable bonds is 4. The van der Waals surface area contributed by atoms with Crippen LogP contribution in [0.15, 0.2) is 18.3 Å². The Morgan fingerprint density at radius 3 is 3.00 bits per heavy atom. The minimum Gasteiger partial charge on any atom is -0.396 e. The van der Waals surface area contributed by atoms with E-state index in [1.807, 2.05) is 19.2 Å². The zero-order valence-corrected chi connectivity index (χ0v) is 13.4. The number of pyridine rings is 1. The lowest BCUT2D eigenvalue weighted by Gasteiger charge is -2.01. The Balaban J connectivity index is 1.97. The zero-order valence-electron chi connectivity index (χ0n) is 12.6. The van der Waals surface area contributed by atoms with Crippen molar-refractivity contribution in [3.05, 3.63) is 24.2 Å². The second-order valence-corrected chi connectivity index (χ2v) is 6.45. The molecule has 0 atom stereocenters. The summed E-state index contributed by atoms with van der Waals surface area (Å²) >= 11 is 1.63. The monoisotopic (exact) mass is 328 g/mol. The van der Waals surface area contributed by atoms with Crippen LogP contribution in [-0.2, 0) is 13.5 Å². The summed E-state index contributed by atoms with van der Waals surface area (Å²) in [5.41, 5.74) is 9.57. The van der Waals surface area contributed by atoms with Crippen LogP contribution in [0, 0.1) is 0 Å². The van der Waals surface area contributed by atoms with E-state index in [9.17, 15) is 0 Å². The lowest BCUT2D eigenvalue weighted by Crippen LogP contribution is -1.99. The predicted molar refractivity (Wildman–Crippen MR) is 91.3 cm³/mol. The smallest absolute Gasteiger partial charge is 0.152 e. The van der Waals surface area contributed by atoms with Gasteiger partial charge in [-0.3, -0.25) is 5.10 Å². The third-order valence-corrected chi connectivity index (χ3v) is 5.06. The van der Waals surface area contributed by atoms with E-state index in [2.05, 4.69) is 24.7 Å². The van der Waals surface area contributed by atoms with Gasteiger partial charge in [0.1, 0.15) is 17.0 Å². The van der Waals surface area contributed by atoms with Crippen LogP contribution in [0.4, 0.5) is 5.82 Å². The number of aromatic nitrogens is 5. The van der Waals surface area contributed by atoms with Crippen molar-refractivity contribution in [2.75, 3.05) is 12.3 Å². The van der Waals surface area contributed by atoms with Crippen LogP contribution in [0.2, 0.25) is 0 Å². The largest absolute Gasteiger partial charge is 0.396 e. The predicted octanol–water partition coefficient (Wildman–Crippen LogP) is 2.08. The molecule has 0 fully saturated rings. The molecule has 0 bridgehead atoms. The van der Waals surface area contributed by atoms with E-state index < -0.39 is 0 Å². The number of thiophene rings is 1. The van der Waals surface area contributed by atoms with Gasteiger partial charge in [0.25, 0.3) is 0 Å². The number of H-pyrrole nitrogens is 1. The van der Waals surface area contributed by atoms with Crippen molar-refractivity contribution in [1.82, 2.24) is 24.7 Å². The van der Waals surface area contributed by atoms with Crippen LogP contribution >= 0.6 is 11.3 Å². The maximum atomic E-state index is 9.05. The Morgan fingerprint density at radius 1 is 1.39 bits per heavy atom. The fourth-order valence-corrected chi connectivity index (χ4v) is 3.93. The normalized spacial score (nSPS) is 11.7. The molecule has 0 saturated carbocycles. The number of imidazole rings is 1. The molecule has 0 amide bonds. The molecule has 4 N–H and O–H groups in total. The van der Waals surface area contributed by atoms with Gasteiger partial charge in [-0.15, -0.1) is 11.3 Å². The topological polar surface area (TPSA) is 106 Å². The second kappa shape index (κ2) is 5.32. The van der Waals surface area contributed by atoms with Gasteiger partial charge in [0.05, 0.1) is 20.6 Å². The van der Waals surface area contributed by atoms with E-state index in [4.69, 9.17) is 10.8 Å². The molecule has 0 aliphatic heterocycles. The Labute approximate surface area is 135 Å². The van der Waals surface area contributed by atoms with Gasteiger partial charge in [-0.2, -0.15) is 5.10 Å². The molecule has 0 aliphatic carbocycles. The molecule has 23 heavy (non-hydrogen) atoms. The minimum absolute atomic E-state index is 0.147. The maximum Gasteiger partial charge on any atom is 0.152 e. The molecule has 0 radical (unpaired) electrons. The number of nitrogens with one attached hydrogen (secondary N) is 1. The summed E-state index contributed by atoms with van der Waals surface area (Å²) in [5, 5.41) is 16.1. The van der Waals surface area contributed by atoms with Gasteiger partial charge in [-0.05, 0) is 18.6 Å². The molecule has 7 nitrogen and oxygen atoms in total. The van der Waals surface area contributed by atoms with Gasteiger partial charge in [0.2, 0.25) is 0 Å². The molecule has 4 aromatic rings. The fraction of sp³-hybridized carbons (Fsp3) is 0.267. The molecule has 118 valence electrons. The van der Waals surface area contributed by atoms with Gasteiger partial charge in [-0.25, -0.2) is 9.97 Å². The second-order valence-electron chi connectivity index (χ2n) is 5.39. The van der Waals surface area contributed by atoms with Gasteiger partial charge < -0.3 is 15.4 Å². The summed E-state index contributed by atoms with van der Waals surface area (Å²) in [7, 11) is 1.98. The first-order chi connectivity index (χ1) is 11.2. The van der Waals surface area contributed by atoms with Gasteiger partial charge in [-0.1, -0.05) is 0 Å². The van der Waals surface area contributed by atoms with Gasteiger partial charge >= 0.3 is 0 Å². The number of fused-ring (bicyclic) bond motifs is 3. The number of nitrogens with two attached hydrogens (primary N) is 1. The van der Waals surface area contributed by atoms with Crippen molar-refractivity contribution < 1.29 is 5.11 Å². The maximum absolute atomic E-state index is 9.05. The van der Waals surface area contributed by atoms with Crippen molar-refractivity contribution in [3.8, 4) is 10.6 Å². The first kappa shape index (κ1) is 14.2. The van der Waals surface area contributed by atoms with Crippen LogP contribution in [0.25, 0.3) is 31.8 Å². The number of nitrogens with zero attached hydrogens (tertiary/aromatic N) is 4. The Bertz CT molecular complexity index is 985. The molecular weight excluding hydrogens is 312 g/mol. The van der Waals surface area contributed by atoms with E-state index >= 15 is 0 Å². The molecule has 8 heteroatoms. The number of aliphatic hydroxyl groups is 1.